The van der Waals surface area contributed by atoms with Crippen molar-refractivity contribution in [1.82, 2.24) is 5.32 Å². The summed E-state index contributed by atoms with van der Waals surface area (Å²) in [5.74, 6) is -0.240. The van der Waals surface area contributed by atoms with Crippen LogP contribution >= 0.6 is 0 Å². The first-order valence-corrected chi connectivity index (χ1v) is 5.27. The Morgan fingerprint density at radius 2 is 1.80 bits per heavy atom. The van der Waals surface area contributed by atoms with Gasteiger partial charge in [0.15, 0.2) is 0 Å². The molecular formula is C11H24N2O2. The Hall–Kier alpha value is -0.610. The molecule has 0 radical (unpaired) electrons. The Kier molecular flexibility index (Phi) is 4.74. The lowest BCUT2D eigenvalue weighted by atomic mass is 9.89. The fourth-order valence-electron chi connectivity index (χ4n) is 1.22. The summed E-state index contributed by atoms with van der Waals surface area (Å²) in [5, 5.41) is 12.3. The molecule has 4 heteroatoms. The van der Waals surface area contributed by atoms with Gasteiger partial charge in [-0.25, -0.2) is 0 Å². The highest BCUT2D eigenvalue weighted by Gasteiger charge is 2.23. The molecule has 15 heavy (non-hydrogen) atoms. The van der Waals surface area contributed by atoms with Gasteiger partial charge in [-0.1, -0.05) is 20.8 Å². The summed E-state index contributed by atoms with van der Waals surface area (Å²) in [6, 6.07) is 0. The van der Waals surface area contributed by atoms with E-state index < -0.39 is 11.6 Å². The van der Waals surface area contributed by atoms with Crippen molar-refractivity contribution in [1.29, 1.82) is 0 Å². The van der Waals surface area contributed by atoms with E-state index in [4.69, 9.17) is 5.73 Å². The molecule has 90 valence electrons. The Balaban J connectivity index is 3.92. The second kappa shape index (κ2) is 4.94. The molecule has 0 aromatic carbocycles. The molecule has 1 atom stereocenters. The lowest BCUT2D eigenvalue weighted by molar-refractivity contribution is -0.125. The summed E-state index contributed by atoms with van der Waals surface area (Å²) in [6.07, 6.45) is 0.134. The number of nitrogens with two attached hydrogens (primary N) is 1. The number of hydrogen-bond acceptors (Lipinski definition) is 3. The lowest BCUT2D eigenvalue weighted by Crippen LogP contribution is -2.50. The van der Waals surface area contributed by atoms with Crippen LogP contribution in [0.3, 0.4) is 0 Å². The van der Waals surface area contributed by atoms with E-state index in [2.05, 4.69) is 5.32 Å². The molecule has 0 heterocycles. The molecule has 0 aliphatic rings. The maximum absolute atomic E-state index is 11.4. The van der Waals surface area contributed by atoms with Gasteiger partial charge in [0, 0.05) is 6.54 Å². The SMILES string of the molecule is CC(C)(C)CC(O)CNC(=O)C(C)(C)N. The Morgan fingerprint density at radius 3 is 2.13 bits per heavy atom. The largest absolute Gasteiger partial charge is 0.391 e. The maximum Gasteiger partial charge on any atom is 0.239 e. The Morgan fingerprint density at radius 1 is 1.33 bits per heavy atom. The van der Waals surface area contributed by atoms with Crippen molar-refractivity contribution in [2.24, 2.45) is 11.1 Å². The summed E-state index contributed by atoms with van der Waals surface area (Å²) < 4.78 is 0. The third-order valence-electron chi connectivity index (χ3n) is 1.93. The van der Waals surface area contributed by atoms with E-state index in [0.717, 1.165) is 0 Å². The number of carbonyl (C=O) groups is 1. The quantitative estimate of drug-likeness (QED) is 0.645. The van der Waals surface area contributed by atoms with Crippen molar-refractivity contribution in [2.45, 2.75) is 52.7 Å². The highest BCUT2D eigenvalue weighted by molar-refractivity contribution is 5.85. The van der Waals surface area contributed by atoms with E-state index >= 15 is 0 Å². The van der Waals surface area contributed by atoms with Crippen LogP contribution in [0, 0.1) is 5.41 Å². The number of rotatable bonds is 4. The van der Waals surface area contributed by atoms with E-state index in [1.54, 1.807) is 13.8 Å². The summed E-state index contributed by atoms with van der Waals surface area (Å²) in [6.45, 7) is 9.68. The van der Waals surface area contributed by atoms with Crippen molar-refractivity contribution in [3.05, 3.63) is 0 Å². The summed E-state index contributed by atoms with van der Waals surface area (Å²) in [4.78, 5) is 11.4. The standard InChI is InChI=1S/C11H24N2O2/c1-10(2,3)6-8(14)7-13-9(15)11(4,5)12/h8,14H,6-7,12H2,1-5H3,(H,13,15). The molecule has 4 N–H and O–H groups in total. The molecule has 0 rings (SSSR count). The summed E-state index contributed by atoms with van der Waals surface area (Å²) in [5.41, 5.74) is 4.77. The Labute approximate surface area is 92.2 Å². The van der Waals surface area contributed by atoms with E-state index in [0.29, 0.717) is 6.42 Å². The molecule has 0 bridgehead atoms. The second-order valence-electron chi connectivity index (χ2n) is 5.85. The van der Waals surface area contributed by atoms with Crippen LogP contribution in [0.5, 0.6) is 0 Å². The van der Waals surface area contributed by atoms with Gasteiger partial charge in [-0.05, 0) is 25.7 Å². The van der Waals surface area contributed by atoms with Gasteiger partial charge in [0.05, 0.1) is 11.6 Å². The number of nitrogens with one attached hydrogen (secondary N) is 1. The number of hydrogen-bond donors (Lipinski definition) is 3. The topological polar surface area (TPSA) is 75.3 Å². The van der Waals surface area contributed by atoms with Gasteiger partial charge in [-0.3, -0.25) is 4.79 Å². The second-order valence-corrected chi connectivity index (χ2v) is 5.85. The van der Waals surface area contributed by atoms with Gasteiger partial charge in [0.2, 0.25) is 5.91 Å². The highest BCUT2D eigenvalue weighted by Crippen LogP contribution is 2.20. The molecule has 0 aromatic heterocycles. The number of aliphatic hydroxyl groups is 1. The molecule has 0 spiro atoms. The average molecular weight is 216 g/mol. The highest BCUT2D eigenvalue weighted by atomic mass is 16.3. The molecule has 4 nitrogen and oxygen atoms in total. The van der Waals surface area contributed by atoms with Crippen LogP contribution < -0.4 is 11.1 Å². The molecule has 1 unspecified atom stereocenters. The zero-order chi connectivity index (χ0) is 12.3. The minimum Gasteiger partial charge on any atom is -0.391 e. The fraction of sp³-hybridized carbons (Fsp3) is 0.909. The van der Waals surface area contributed by atoms with Gasteiger partial charge in [-0.15, -0.1) is 0 Å². The Bertz CT molecular complexity index is 214. The third kappa shape index (κ3) is 7.33. The predicted octanol–water partition coefficient (Wildman–Crippen LogP) is 0.637. The maximum atomic E-state index is 11.4. The molecular weight excluding hydrogens is 192 g/mol. The van der Waals surface area contributed by atoms with Crippen LogP contribution in [0.2, 0.25) is 0 Å². The van der Waals surface area contributed by atoms with Gasteiger partial charge in [0.1, 0.15) is 0 Å². The minimum absolute atomic E-state index is 0.0579. The van der Waals surface area contributed by atoms with Crippen LogP contribution in [-0.2, 0) is 4.79 Å². The monoisotopic (exact) mass is 216 g/mol. The third-order valence-corrected chi connectivity index (χ3v) is 1.93. The van der Waals surface area contributed by atoms with Crippen molar-refractivity contribution < 1.29 is 9.90 Å². The zero-order valence-electron chi connectivity index (χ0n) is 10.4. The minimum atomic E-state index is -0.887. The summed E-state index contributed by atoms with van der Waals surface area (Å²) >= 11 is 0. The van der Waals surface area contributed by atoms with Crippen LogP contribution in [0.15, 0.2) is 0 Å². The normalized spacial score (nSPS) is 14.9. The van der Waals surface area contributed by atoms with Crippen molar-refractivity contribution in [2.75, 3.05) is 6.54 Å². The molecule has 0 fully saturated rings. The lowest BCUT2D eigenvalue weighted by Gasteiger charge is -2.24. The van der Waals surface area contributed by atoms with E-state index in [1.165, 1.54) is 0 Å². The smallest absolute Gasteiger partial charge is 0.239 e. The van der Waals surface area contributed by atoms with Crippen LogP contribution in [0.25, 0.3) is 0 Å². The first-order valence-electron chi connectivity index (χ1n) is 5.27. The molecule has 0 saturated heterocycles. The average Bonchev–Trinajstić information content (AvgIpc) is 1.94. The zero-order valence-corrected chi connectivity index (χ0v) is 10.4. The van der Waals surface area contributed by atoms with Crippen LogP contribution in [-0.4, -0.2) is 29.2 Å². The summed E-state index contributed by atoms with van der Waals surface area (Å²) in [7, 11) is 0. The van der Waals surface area contributed by atoms with E-state index in [-0.39, 0.29) is 17.9 Å². The number of carbonyl (C=O) groups excluding carboxylic acids is 1. The molecule has 0 aromatic rings. The molecule has 1 amide bonds. The predicted molar refractivity (Wildman–Crippen MR) is 61.4 cm³/mol. The fourth-order valence-corrected chi connectivity index (χ4v) is 1.22. The van der Waals surface area contributed by atoms with Gasteiger partial charge in [0.25, 0.3) is 0 Å². The number of aliphatic hydroxyl groups excluding tert-OH is 1. The van der Waals surface area contributed by atoms with Gasteiger partial charge in [-0.2, -0.15) is 0 Å². The molecule has 0 saturated carbocycles. The van der Waals surface area contributed by atoms with Gasteiger partial charge >= 0.3 is 0 Å². The first kappa shape index (κ1) is 14.4. The van der Waals surface area contributed by atoms with Crippen molar-refractivity contribution >= 4 is 5.91 Å². The number of amides is 1. The van der Waals surface area contributed by atoms with Crippen molar-refractivity contribution in [3.63, 3.8) is 0 Å². The van der Waals surface area contributed by atoms with Crippen LogP contribution in [0.1, 0.15) is 41.0 Å². The first-order chi connectivity index (χ1) is 6.52. The van der Waals surface area contributed by atoms with E-state index in [9.17, 15) is 9.90 Å². The van der Waals surface area contributed by atoms with E-state index in [1.807, 2.05) is 20.8 Å². The van der Waals surface area contributed by atoms with Crippen LogP contribution in [0.4, 0.5) is 0 Å². The molecule has 0 aliphatic carbocycles. The van der Waals surface area contributed by atoms with Gasteiger partial charge < -0.3 is 16.2 Å². The van der Waals surface area contributed by atoms with Crippen molar-refractivity contribution in [3.8, 4) is 0 Å². The molecule has 0 aliphatic heterocycles.